The van der Waals surface area contributed by atoms with Gasteiger partial charge >= 0.3 is 0 Å². The Labute approximate surface area is 105 Å². The number of nitrogens with zero attached hydrogens (tertiary/aromatic N) is 3. The van der Waals surface area contributed by atoms with Crippen molar-refractivity contribution >= 4 is 16.7 Å². The second kappa shape index (κ2) is 5.28. The molecule has 0 aliphatic carbocycles. The summed E-state index contributed by atoms with van der Waals surface area (Å²) in [7, 11) is 1.68. The number of nitriles is 1. The Bertz CT molecular complexity index is 610. The van der Waals surface area contributed by atoms with E-state index in [-0.39, 0.29) is 5.91 Å². The van der Waals surface area contributed by atoms with Gasteiger partial charge in [-0.2, -0.15) is 5.26 Å². The molecule has 1 amide bonds. The second-order valence-electron chi connectivity index (χ2n) is 4.02. The SMILES string of the molecule is CN(CCC#N)C(=O)c1nccc2ccccc12. The van der Waals surface area contributed by atoms with Crippen molar-refractivity contribution in [1.82, 2.24) is 9.88 Å². The summed E-state index contributed by atoms with van der Waals surface area (Å²) in [4.78, 5) is 17.9. The predicted molar refractivity (Wildman–Crippen MR) is 68.9 cm³/mol. The van der Waals surface area contributed by atoms with E-state index >= 15 is 0 Å². The highest BCUT2D eigenvalue weighted by molar-refractivity contribution is 6.04. The molecule has 0 saturated heterocycles. The molecule has 2 aromatic rings. The van der Waals surface area contributed by atoms with Gasteiger partial charge in [-0.3, -0.25) is 9.78 Å². The molecule has 4 heteroatoms. The summed E-state index contributed by atoms with van der Waals surface area (Å²) >= 11 is 0. The van der Waals surface area contributed by atoms with Crippen molar-refractivity contribution < 1.29 is 4.79 Å². The zero-order valence-electron chi connectivity index (χ0n) is 10.1. The number of pyridine rings is 1. The van der Waals surface area contributed by atoms with Gasteiger partial charge in [0.05, 0.1) is 12.5 Å². The monoisotopic (exact) mass is 239 g/mol. The number of benzene rings is 1. The molecule has 2 rings (SSSR count). The maximum absolute atomic E-state index is 12.2. The number of aromatic nitrogens is 1. The summed E-state index contributed by atoms with van der Waals surface area (Å²) in [5.41, 5.74) is 0.438. The number of amides is 1. The lowest BCUT2D eigenvalue weighted by Gasteiger charge is -2.15. The highest BCUT2D eigenvalue weighted by Gasteiger charge is 2.15. The third-order valence-electron chi connectivity index (χ3n) is 2.78. The van der Waals surface area contributed by atoms with Crippen LogP contribution in [-0.4, -0.2) is 29.4 Å². The molecule has 0 fully saturated rings. The van der Waals surface area contributed by atoms with E-state index in [1.807, 2.05) is 36.4 Å². The molecular formula is C14H13N3O. The highest BCUT2D eigenvalue weighted by Crippen LogP contribution is 2.17. The summed E-state index contributed by atoms with van der Waals surface area (Å²) in [5.74, 6) is -0.151. The first-order valence-corrected chi connectivity index (χ1v) is 5.70. The van der Waals surface area contributed by atoms with Gasteiger partial charge in [0.2, 0.25) is 0 Å². The van der Waals surface area contributed by atoms with Crippen molar-refractivity contribution in [3.05, 3.63) is 42.2 Å². The van der Waals surface area contributed by atoms with Crippen molar-refractivity contribution in [2.24, 2.45) is 0 Å². The van der Waals surface area contributed by atoms with Crippen LogP contribution >= 0.6 is 0 Å². The second-order valence-corrected chi connectivity index (χ2v) is 4.02. The summed E-state index contributed by atoms with van der Waals surface area (Å²) < 4.78 is 0. The maximum atomic E-state index is 12.2. The highest BCUT2D eigenvalue weighted by atomic mass is 16.2. The van der Waals surface area contributed by atoms with E-state index < -0.39 is 0 Å². The van der Waals surface area contributed by atoms with Gasteiger partial charge in [0, 0.05) is 25.2 Å². The number of rotatable bonds is 3. The molecule has 1 heterocycles. The van der Waals surface area contributed by atoms with Crippen molar-refractivity contribution in [3.8, 4) is 6.07 Å². The average molecular weight is 239 g/mol. The van der Waals surface area contributed by atoms with Crippen molar-refractivity contribution in [2.75, 3.05) is 13.6 Å². The van der Waals surface area contributed by atoms with E-state index in [4.69, 9.17) is 5.26 Å². The fourth-order valence-corrected chi connectivity index (χ4v) is 1.79. The Hall–Kier alpha value is -2.41. The lowest BCUT2D eigenvalue weighted by Crippen LogP contribution is -2.28. The quantitative estimate of drug-likeness (QED) is 0.825. The molecular weight excluding hydrogens is 226 g/mol. The predicted octanol–water partition coefficient (Wildman–Crippen LogP) is 2.22. The minimum Gasteiger partial charge on any atom is -0.339 e. The molecule has 0 radical (unpaired) electrons. The Morgan fingerprint density at radius 2 is 2.17 bits per heavy atom. The lowest BCUT2D eigenvalue weighted by molar-refractivity contribution is 0.0794. The molecule has 90 valence electrons. The van der Waals surface area contributed by atoms with Crippen LogP contribution in [0, 0.1) is 11.3 Å². The fourth-order valence-electron chi connectivity index (χ4n) is 1.79. The van der Waals surface area contributed by atoms with E-state index in [0.29, 0.717) is 18.7 Å². The number of carbonyl (C=O) groups excluding carboxylic acids is 1. The molecule has 0 aliphatic rings. The minimum absolute atomic E-state index is 0.151. The Morgan fingerprint density at radius 3 is 2.94 bits per heavy atom. The van der Waals surface area contributed by atoms with Crippen molar-refractivity contribution in [2.45, 2.75) is 6.42 Å². The zero-order chi connectivity index (χ0) is 13.0. The van der Waals surface area contributed by atoms with Crippen LogP contribution in [0.1, 0.15) is 16.9 Å². The van der Waals surface area contributed by atoms with Gasteiger partial charge in [0.25, 0.3) is 5.91 Å². The minimum atomic E-state index is -0.151. The lowest BCUT2D eigenvalue weighted by atomic mass is 10.1. The topological polar surface area (TPSA) is 57.0 Å². The zero-order valence-corrected chi connectivity index (χ0v) is 10.1. The molecule has 4 nitrogen and oxygen atoms in total. The van der Waals surface area contributed by atoms with Gasteiger partial charge in [-0.15, -0.1) is 0 Å². The summed E-state index contributed by atoms with van der Waals surface area (Å²) in [6.07, 6.45) is 1.96. The molecule has 1 aromatic heterocycles. The Kier molecular flexibility index (Phi) is 3.54. The van der Waals surface area contributed by atoms with Gasteiger partial charge in [0.1, 0.15) is 5.69 Å². The smallest absolute Gasteiger partial charge is 0.272 e. The van der Waals surface area contributed by atoms with E-state index in [2.05, 4.69) is 4.98 Å². The van der Waals surface area contributed by atoms with Crippen molar-refractivity contribution in [3.63, 3.8) is 0 Å². The molecule has 0 bridgehead atoms. The molecule has 0 saturated carbocycles. The van der Waals surface area contributed by atoms with Crippen molar-refractivity contribution in [1.29, 1.82) is 5.26 Å². The van der Waals surface area contributed by atoms with E-state index in [1.54, 1.807) is 13.2 Å². The fraction of sp³-hybridized carbons (Fsp3) is 0.214. The summed E-state index contributed by atoms with van der Waals surface area (Å²) in [5, 5.41) is 10.4. The van der Waals surface area contributed by atoms with Crippen LogP contribution in [0.3, 0.4) is 0 Å². The number of fused-ring (bicyclic) bond motifs is 1. The van der Waals surface area contributed by atoms with Crippen LogP contribution < -0.4 is 0 Å². The van der Waals surface area contributed by atoms with E-state index in [0.717, 1.165) is 10.8 Å². The molecule has 1 aromatic carbocycles. The maximum Gasteiger partial charge on any atom is 0.272 e. The summed E-state index contributed by atoms with van der Waals surface area (Å²) in [6, 6.07) is 11.5. The van der Waals surface area contributed by atoms with E-state index in [1.165, 1.54) is 4.90 Å². The number of hydrogen-bond acceptors (Lipinski definition) is 3. The normalized spacial score (nSPS) is 10.0. The first-order chi connectivity index (χ1) is 8.74. The van der Waals surface area contributed by atoms with Crippen LogP contribution in [0.15, 0.2) is 36.5 Å². The largest absolute Gasteiger partial charge is 0.339 e. The van der Waals surface area contributed by atoms with Gasteiger partial charge in [-0.05, 0) is 11.5 Å². The average Bonchev–Trinajstić information content (AvgIpc) is 2.43. The van der Waals surface area contributed by atoms with Crippen LogP contribution in [0.4, 0.5) is 0 Å². The summed E-state index contributed by atoms with van der Waals surface area (Å²) in [6.45, 7) is 0.417. The van der Waals surface area contributed by atoms with Gasteiger partial charge in [-0.25, -0.2) is 0 Å². The third-order valence-corrected chi connectivity index (χ3v) is 2.78. The van der Waals surface area contributed by atoms with Crippen LogP contribution in [0.25, 0.3) is 10.8 Å². The van der Waals surface area contributed by atoms with Gasteiger partial charge < -0.3 is 4.90 Å². The van der Waals surface area contributed by atoms with Crippen LogP contribution in [0.5, 0.6) is 0 Å². The standard InChI is InChI=1S/C14H13N3O/c1-17(10-4-8-15)14(18)13-12-6-3-2-5-11(12)7-9-16-13/h2-3,5-7,9H,4,10H2,1H3. The first-order valence-electron chi connectivity index (χ1n) is 5.70. The molecule has 0 unspecified atom stereocenters. The third kappa shape index (κ3) is 2.30. The molecule has 0 atom stereocenters. The molecule has 0 aliphatic heterocycles. The molecule has 0 spiro atoms. The molecule has 0 N–H and O–H groups in total. The molecule has 18 heavy (non-hydrogen) atoms. The Morgan fingerprint density at radius 1 is 1.39 bits per heavy atom. The van der Waals surface area contributed by atoms with E-state index in [9.17, 15) is 4.79 Å². The number of carbonyl (C=O) groups is 1. The van der Waals surface area contributed by atoms with Gasteiger partial charge in [-0.1, -0.05) is 24.3 Å². The first kappa shape index (κ1) is 12.1. The van der Waals surface area contributed by atoms with Crippen LogP contribution in [-0.2, 0) is 0 Å². The van der Waals surface area contributed by atoms with Crippen LogP contribution in [0.2, 0.25) is 0 Å². The Balaban J connectivity index is 2.36. The number of hydrogen-bond donors (Lipinski definition) is 0. The van der Waals surface area contributed by atoms with Gasteiger partial charge in [0.15, 0.2) is 0 Å².